The van der Waals surface area contributed by atoms with Gasteiger partial charge in [0.15, 0.2) is 0 Å². The molecule has 156 valence electrons. The average Bonchev–Trinajstić information content (AvgIpc) is 2.80. The molecule has 0 spiro atoms. The number of carbonyl (C=O) groups is 1. The number of carbonyl (C=O) groups excluding carboxylic acids is 1. The highest BCUT2D eigenvalue weighted by Gasteiger charge is 2.09. The maximum atomic E-state index is 11.9. The van der Waals surface area contributed by atoms with Crippen LogP contribution < -0.4 is 10.1 Å². The minimum atomic E-state index is -0.355. The average molecular weight is 434 g/mol. The topological polar surface area (TPSA) is 61.0 Å². The number of benzene rings is 3. The normalized spacial score (nSPS) is 11.5. The highest BCUT2D eigenvalue weighted by Crippen LogP contribution is 2.26. The fourth-order valence-corrected chi connectivity index (χ4v) is 3.33. The molecule has 0 saturated heterocycles. The molecule has 0 saturated carbocycles. The van der Waals surface area contributed by atoms with Crippen molar-refractivity contribution < 1.29 is 18.7 Å². The zero-order chi connectivity index (χ0) is 21.8. The van der Waals surface area contributed by atoms with Gasteiger partial charge in [-0.2, -0.15) is 0 Å². The van der Waals surface area contributed by atoms with Crippen molar-refractivity contribution in [3.8, 4) is 17.1 Å². The van der Waals surface area contributed by atoms with E-state index >= 15 is 0 Å². The lowest BCUT2D eigenvalue weighted by atomic mass is 10.1. The Balaban J connectivity index is 1.83. The van der Waals surface area contributed by atoms with E-state index in [1.807, 2.05) is 42.5 Å². The summed E-state index contributed by atoms with van der Waals surface area (Å²) in [6, 6.07) is 21.9. The molecule has 4 aromatic rings. The molecule has 0 aliphatic heterocycles. The van der Waals surface area contributed by atoms with Crippen molar-refractivity contribution in [1.29, 1.82) is 0 Å². The van der Waals surface area contributed by atoms with Crippen molar-refractivity contribution in [3.05, 3.63) is 88.7 Å². The van der Waals surface area contributed by atoms with Crippen molar-refractivity contribution in [2.24, 2.45) is 4.99 Å². The Morgan fingerprint density at radius 3 is 2.42 bits per heavy atom. The summed E-state index contributed by atoms with van der Waals surface area (Å²) in [6.45, 7) is 2.11. The predicted molar refractivity (Wildman–Crippen MR) is 121 cm³/mol. The summed E-state index contributed by atoms with van der Waals surface area (Å²) in [4.78, 5) is 16.7. The van der Waals surface area contributed by atoms with Crippen molar-refractivity contribution in [3.63, 3.8) is 0 Å². The molecule has 31 heavy (non-hydrogen) atoms. The largest absolute Gasteiger partial charge is 0.497 e. The first kappa shape index (κ1) is 20.7. The summed E-state index contributed by atoms with van der Waals surface area (Å²) < 4.78 is 16.4. The van der Waals surface area contributed by atoms with E-state index in [2.05, 4.69) is 0 Å². The third-order valence-electron chi connectivity index (χ3n) is 4.71. The Morgan fingerprint density at radius 2 is 1.74 bits per heavy atom. The van der Waals surface area contributed by atoms with Gasteiger partial charge in [0.2, 0.25) is 0 Å². The molecule has 1 aromatic heterocycles. The standard InChI is InChI=1S/C25H20ClNO4/c1-3-30-25(28)17-4-9-19(10-5-17)27-22-15-24(16-6-11-20(29-2)12-7-16)31-23-13-8-18(26)14-21(22)23/h4-15H,3H2,1-2H3. The van der Waals surface area contributed by atoms with Crippen LogP contribution in [0.1, 0.15) is 17.3 Å². The first-order valence-corrected chi connectivity index (χ1v) is 10.1. The number of nitrogens with zero attached hydrogens (tertiary/aromatic N) is 1. The molecule has 0 atom stereocenters. The quantitative estimate of drug-likeness (QED) is 0.353. The third kappa shape index (κ3) is 4.62. The summed E-state index contributed by atoms with van der Waals surface area (Å²) in [6.07, 6.45) is 0. The lowest BCUT2D eigenvalue weighted by Crippen LogP contribution is -2.04. The highest BCUT2D eigenvalue weighted by atomic mass is 35.5. The smallest absolute Gasteiger partial charge is 0.338 e. The van der Waals surface area contributed by atoms with Crippen molar-refractivity contribution in [2.75, 3.05) is 13.7 Å². The van der Waals surface area contributed by atoms with E-state index in [0.29, 0.717) is 39.6 Å². The Kier molecular flexibility index (Phi) is 6.05. The number of rotatable bonds is 5. The predicted octanol–water partition coefficient (Wildman–Crippen LogP) is 6.17. The van der Waals surface area contributed by atoms with E-state index < -0.39 is 0 Å². The van der Waals surface area contributed by atoms with Gasteiger partial charge in [-0.1, -0.05) is 11.6 Å². The van der Waals surface area contributed by atoms with Crippen LogP contribution in [0.2, 0.25) is 5.02 Å². The van der Waals surface area contributed by atoms with E-state index in [1.165, 1.54) is 0 Å². The van der Waals surface area contributed by atoms with Crippen LogP contribution in [-0.2, 0) is 4.74 Å². The monoisotopic (exact) mass is 433 g/mol. The number of halogens is 1. The third-order valence-corrected chi connectivity index (χ3v) is 4.94. The Bertz CT molecular complexity index is 1290. The van der Waals surface area contributed by atoms with Crippen LogP contribution in [0, 0.1) is 0 Å². The van der Waals surface area contributed by atoms with Crippen LogP contribution in [0.4, 0.5) is 5.69 Å². The second kappa shape index (κ2) is 9.06. The highest BCUT2D eigenvalue weighted by molar-refractivity contribution is 6.31. The number of methoxy groups -OCH3 is 1. The number of hydrogen-bond donors (Lipinski definition) is 0. The molecule has 5 nitrogen and oxygen atoms in total. The summed E-state index contributed by atoms with van der Waals surface area (Å²) in [7, 11) is 1.63. The minimum absolute atomic E-state index is 0.333. The maximum Gasteiger partial charge on any atom is 0.338 e. The van der Waals surface area contributed by atoms with Crippen LogP contribution in [0.5, 0.6) is 5.75 Å². The van der Waals surface area contributed by atoms with Crippen LogP contribution in [0.3, 0.4) is 0 Å². The Morgan fingerprint density at radius 1 is 1.00 bits per heavy atom. The first-order chi connectivity index (χ1) is 15.1. The van der Waals surface area contributed by atoms with Gasteiger partial charge in [0, 0.05) is 22.0 Å². The second-order valence-electron chi connectivity index (χ2n) is 6.74. The first-order valence-electron chi connectivity index (χ1n) is 9.77. The summed E-state index contributed by atoms with van der Waals surface area (Å²) in [5.74, 6) is 1.08. The van der Waals surface area contributed by atoms with Crippen LogP contribution in [-0.4, -0.2) is 19.7 Å². The molecule has 0 aliphatic rings. The molecule has 1 heterocycles. The van der Waals surface area contributed by atoms with E-state index in [9.17, 15) is 4.79 Å². The van der Waals surface area contributed by atoms with Gasteiger partial charge in [0.1, 0.15) is 17.1 Å². The van der Waals surface area contributed by atoms with E-state index in [0.717, 1.165) is 16.7 Å². The molecule has 0 N–H and O–H groups in total. The minimum Gasteiger partial charge on any atom is -0.497 e. The molecule has 6 heteroatoms. The molecular weight excluding hydrogens is 414 g/mol. The summed E-state index contributed by atoms with van der Waals surface area (Å²) in [5, 5.41) is 2.09. The molecule has 0 fully saturated rings. The lowest BCUT2D eigenvalue weighted by molar-refractivity contribution is 0.0526. The van der Waals surface area contributed by atoms with Crippen LogP contribution >= 0.6 is 11.6 Å². The molecule has 0 radical (unpaired) electrons. The molecule has 0 aliphatic carbocycles. The molecule has 4 rings (SSSR count). The van der Waals surface area contributed by atoms with Gasteiger partial charge in [-0.05, 0) is 73.7 Å². The molecule has 0 unspecified atom stereocenters. The number of ether oxygens (including phenoxy) is 2. The van der Waals surface area contributed by atoms with Crippen molar-refractivity contribution in [2.45, 2.75) is 6.92 Å². The SMILES string of the molecule is CCOC(=O)c1ccc(N=c2cc(-c3ccc(OC)cc3)oc3ccc(Cl)cc23)cc1. The maximum absolute atomic E-state index is 11.9. The van der Waals surface area contributed by atoms with E-state index in [-0.39, 0.29) is 5.97 Å². The fourth-order valence-electron chi connectivity index (χ4n) is 3.16. The summed E-state index contributed by atoms with van der Waals surface area (Å²) >= 11 is 6.22. The number of fused-ring (bicyclic) bond motifs is 1. The zero-order valence-electron chi connectivity index (χ0n) is 17.1. The number of hydrogen-bond acceptors (Lipinski definition) is 5. The lowest BCUT2D eigenvalue weighted by Gasteiger charge is -2.07. The van der Waals surface area contributed by atoms with Crippen molar-refractivity contribution in [1.82, 2.24) is 0 Å². The van der Waals surface area contributed by atoms with Gasteiger partial charge >= 0.3 is 5.97 Å². The Labute approximate surface area is 184 Å². The van der Waals surface area contributed by atoms with Gasteiger partial charge in [-0.25, -0.2) is 9.79 Å². The zero-order valence-corrected chi connectivity index (χ0v) is 17.8. The van der Waals surface area contributed by atoms with Gasteiger partial charge in [0.05, 0.1) is 30.3 Å². The van der Waals surface area contributed by atoms with Gasteiger partial charge in [-0.15, -0.1) is 0 Å². The fraction of sp³-hybridized carbons (Fsp3) is 0.120. The Hall–Kier alpha value is -3.57. The van der Waals surface area contributed by atoms with Crippen LogP contribution in [0.25, 0.3) is 22.3 Å². The van der Waals surface area contributed by atoms with E-state index in [1.54, 1.807) is 44.4 Å². The molecule has 0 bridgehead atoms. The number of esters is 1. The van der Waals surface area contributed by atoms with Gasteiger partial charge in [0.25, 0.3) is 0 Å². The molecule has 0 amide bonds. The van der Waals surface area contributed by atoms with Crippen LogP contribution in [0.15, 0.2) is 82.2 Å². The van der Waals surface area contributed by atoms with Gasteiger partial charge < -0.3 is 13.9 Å². The van der Waals surface area contributed by atoms with E-state index in [4.69, 9.17) is 30.5 Å². The molecular formula is C25H20ClNO4. The summed E-state index contributed by atoms with van der Waals surface area (Å²) in [5.41, 5.74) is 2.74. The second-order valence-corrected chi connectivity index (χ2v) is 7.18. The van der Waals surface area contributed by atoms with Crippen molar-refractivity contribution >= 4 is 34.2 Å². The van der Waals surface area contributed by atoms with Gasteiger partial charge in [-0.3, -0.25) is 0 Å². The molecule has 3 aromatic carbocycles.